The van der Waals surface area contributed by atoms with E-state index in [-0.39, 0.29) is 6.61 Å². The molecule has 0 aliphatic rings. The van der Waals surface area contributed by atoms with Gasteiger partial charge in [-0.05, 0) is 6.92 Å². The van der Waals surface area contributed by atoms with E-state index in [2.05, 4.69) is 11.3 Å². The Balaban J connectivity index is 4.39. The Morgan fingerprint density at radius 2 is 2.08 bits per heavy atom. The summed E-state index contributed by atoms with van der Waals surface area (Å²) in [5.41, 5.74) is 0. The van der Waals surface area contributed by atoms with E-state index in [1.165, 1.54) is 6.92 Å². The lowest BCUT2D eigenvalue weighted by Crippen LogP contribution is -2.35. The van der Waals surface area contributed by atoms with Crippen LogP contribution in [0.25, 0.3) is 0 Å². The van der Waals surface area contributed by atoms with Crippen LogP contribution < -0.4 is 0 Å². The standard InChI is InChI=1S/C8H10F2O3/c1-3-5-8(9,10)6(11)7(12)13-4-2/h3H,1,4-5H2,2H3. The Kier molecular flexibility index (Phi) is 4.23. The van der Waals surface area contributed by atoms with Gasteiger partial charge in [-0.2, -0.15) is 8.78 Å². The van der Waals surface area contributed by atoms with Gasteiger partial charge in [0.2, 0.25) is 0 Å². The molecule has 0 spiro atoms. The van der Waals surface area contributed by atoms with Gasteiger partial charge in [-0.1, -0.05) is 6.08 Å². The highest BCUT2D eigenvalue weighted by atomic mass is 19.3. The number of alkyl halides is 2. The van der Waals surface area contributed by atoms with Gasteiger partial charge in [-0.3, -0.25) is 4.79 Å². The van der Waals surface area contributed by atoms with Gasteiger partial charge < -0.3 is 4.74 Å². The highest BCUT2D eigenvalue weighted by Crippen LogP contribution is 2.20. The third kappa shape index (κ3) is 3.31. The van der Waals surface area contributed by atoms with Crippen LogP contribution in [0.15, 0.2) is 12.7 Å². The van der Waals surface area contributed by atoms with Crippen LogP contribution in [0.3, 0.4) is 0 Å². The highest BCUT2D eigenvalue weighted by Gasteiger charge is 2.42. The number of allylic oxidation sites excluding steroid dienone is 1. The molecule has 74 valence electrons. The topological polar surface area (TPSA) is 43.4 Å². The Hall–Kier alpha value is -1.26. The molecule has 0 N–H and O–H groups in total. The van der Waals surface area contributed by atoms with Crippen molar-refractivity contribution in [3.05, 3.63) is 12.7 Å². The molecule has 0 atom stereocenters. The van der Waals surface area contributed by atoms with Crippen molar-refractivity contribution in [3.8, 4) is 0 Å². The maximum atomic E-state index is 12.7. The Morgan fingerprint density at radius 1 is 1.54 bits per heavy atom. The fourth-order valence-electron chi connectivity index (χ4n) is 0.620. The molecular formula is C8H10F2O3. The van der Waals surface area contributed by atoms with Gasteiger partial charge in [0.25, 0.3) is 0 Å². The molecule has 0 aliphatic carbocycles. The van der Waals surface area contributed by atoms with Crippen LogP contribution in [-0.2, 0) is 14.3 Å². The first-order valence-electron chi connectivity index (χ1n) is 3.66. The third-order valence-electron chi connectivity index (χ3n) is 1.19. The molecule has 0 aromatic carbocycles. The first kappa shape index (κ1) is 11.7. The molecule has 13 heavy (non-hydrogen) atoms. The van der Waals surface area contributed by atoms with Gasteiger partial charge >= 0.3 is 17.7 Å². The molecule has 3 nitrogen and oxygen atoms in total. The van der Waals surface area contributed by atoms with E-state index >= 15 is 0 Å². The Labute approximate surface area is 74.4 Å². The van der Waals surface area contributed by atoms with Crippen LogP contribution in [0, 0.1) is 0 Å². The van der Waals surface area contributed by atoms with E-state index in [1.807, 2.05) is 0 Å². The van der Waals surface area contributed by atoms with Crippen LogP contribution in [0.4, 0.5) is 8.78 Å². The van der Waals surface area contributed by atoms with Gasteiger partial charge in [0, 0.05) is 6.42 Å². The predicted molar refractivity (Wildman–Crippen MR) is 41.4 cm³/mol. The third-order valence-corrected chi connectivity index (χ3v) is 1.19. The van der Waals surface area contributed by atoms with Gasteiger partial charge in [0.05, 0.1) is 6.61 Å². The fraction of sp³-hybridized carbons (Fsp3) is 0.500. The van der Waals surface area contributed by atoms with Crippen LogP contribution in [-0.4, -0.2) is 24.3 Å². The SMILES string of the molecule is C=CCC(F)(F)C(=O)C(=O)OCC. The van der Waals surface area contributed by atoms with Crippen molar-refractivity contribution in [2.45, 2.75) is 19.3 Å². The van der Waals surface area contributed by atoms with E-state index in [0.29, 0.717) is 0 Å². The molecule has 0 rings (SSSR count). The van der Waals surface area contributed by atoms with E-state index < -0.39 is 24.1 Å². The number of Topliss-reactive ketones (excluding diaryl/α,β-unsaturated/α-hetero) is 1. The number of hydrogen-bond donors (Lipinski definition) is 0. The van der Waals surface area contributed by atoms with Gasteiger partial charge in [-0.25, -0.2) is 4.79 Å². The molecule has 0 unspecified atom stereocenters. The number of ether oxygens (including phenoxy) is 1. The fourth-order valence-corrected chi connectivity index (χ4v) is 0.620. The normalized spacial score (nSPS) is 10.7. The van der Waals surface area contributed by atoms with Crippen LogP contribution in [0.2, 0.25) is 0 Å². The van der Waals surface area contributed by atoms with Gasteiger partial charge in [-0.15, -0.1) is 6.58 Å². The summed E-state index contributed by atoms with van der Waals surface area (Å²) in [6.45, 7) is 4.37. The van der Waals surface area contributed by atoms with Gasteiger partial charge in [0.15, 0.2) is 0 Å². The average molecular weight is 192 g/mol. The quantitative estimate of drug-likeness (QED) is 0.375. The summed E-state index contributed by atoms with van der Waals surface area (Å²) in [6.07, 6.45) is 0.0156. The second kappa shape index (κ2) is 4.69. The van der Waals surface area contributed by atoms with E-state index in [1.54, 1.807) is 0 Å². The summed E-state index contributed by atoms with van der Waals surface area (Å²) in [7, 11) is 0. The largest absolute Gasteiger partial charge is 0.460 e. The molecular weight excluding hydrogens is 182 g/mol. The molecule has 0 saturated carbocycles. The molecule has 0 radical (unpaired) electrons. The van der Waals surface area contributed by atoms with Crippen LogP contribution in [0.1, 0.15) is 13.3 Å². The lowest BCUT2D eigenvalue weighted by atomic mass is 10.1. The summed E-state index contributed by atoms with van der Waals surface area (Å²) in [6, 6.07) is 0. The van der Waals surface area contributed by atoms with Crippen molar-refractivity contribution in [2.24, 2.45) is 0 Å². The number of hydrogen-bond acceptors (Lipinski definition) is 3. The molecule has 0 saturated heterocycles. The lowest BCUT2D eigenvalue weighted by Gasteiger charge is -2.10. The summed E-state index contributed by atoms with van der Waals surface area (Å²) < 4.78 is 29.5. The smallest absolute Gasteiger partial charge is 0.381 e. The van der Waals surface area contributed by atoms with Crippen molar-refractivity contribution in [1.29, 1.82) is 0 Å². The van der Waals surface area contributed by atoms with Crippen molar-refractivity contribution in [2.75, 3.05) is 6.61 Å². The minimum absolute atomic E-state index is 0.102. The molecule has 0 amide bonds. The van der Waals surface area contributed by atoms with Crippen molar-refractivity contribution < 1.29 is 23.1 Å². The zero-order chi connectivity index (χ0) is 10.5. The van der Waals surface area contributed by atoms with Crippen LogP contribution in [0.5, 0.6) is 0 Å². The molecule has 0 aliphatic heterocycles. The van der Waals surface area contributed by atoms with Crippen molar-refractivity contribution >= 4 is 11.8 Å². The first-order chi connectivity index (χ1) is 5.95. The van der Waals surface area contributed by atoms with Crippen molar-refractivity contribution in [1.82, 2.24) is 0 Å². The lowest BCUT2D eigenvalue weighted by molar-refractivity contribution is -0.165. The number of esters is 1. The summed E-state index contributed by atoms with van der Waals surface area (Å²) >= 11 is 0. The molecule has 0 bridgehead atoms. The average Bonchev–Trinajstić information content (AvgIpc) is 2.03. The van der Waals surface area contributed by atoms with E-state index in [0.717, 1.165) is 6.08 Å². The van der Waals surface area contributed by atoms with E-state index in [4.69, 9.17) is 0 Å². The van der Waals surface area contributed by atoms with Gasteiger partial charge in [0.1, 0.15) is 0 Å². The molecule has 0 fully saturated rings. The second-order valence-electron chi connectivity index (χ2n) is 2.25. The predicted octanol–water partition coefficient (Wildman–Crippen LogP) is 1.33. The molecule has 0 heterocycles. The highest BCUT2D eigenvalue weighted by molar-refractivity contribution is 6.36. The number of carbonyl (C=O) groups excluding carboxylic acids is 2. The maximum absolute atomic E-state index is 12.7. The Bertz CT molecular complexity index is 223. The minimum atomic E-state index is -3.70. The Morgan fingerprint density at radius 3 is 2.46 bits per heavy atom. The second-order valence-corrected chi connectivity index (χ2v) is 2.25. The molecule has 0 aromatic heterocycles. The molecule has 0 aromatic rings. The molecule has 5 heteroatoms. The summed E-state index contributed by atoms with van der Waals surface area (Å²) in [4.78, 5) is 21.3. The van der Waals surface area contributed by atoms with Crippen molar-refractivity contribution in [3.63, 3.8) is 0 Å². The minimum Gasteiger partial charge on any atom is -0.460 e. The number of ketones is 1. The maximum Gasteiger partial charge on any atom is 0.381 e. The number of halogens is 2. The monoisotopic (exact) mass is 192 g/mol. The van der Waals surface area contributed by atoms with E-state index in [9.17, 15) is 18.4 Å². The number of carbonyl (C=O) groups is 2. The zero-order valence-corrected chi connectivity index (χ0v) is 7.18. The summed E-state index contributed by atoms with van der Waals surface area (Å²) in [5.74, 6) is -7.03. The van der Waals surface area contributed by atoms with Crippen LogP contribution >= 0.6 is 0 Å². The zero-order valence-electron chi connectivity index (χ0n) is 7.18. The number of rotatable bonds is 5. The summed E-state index contributed by atoms with van der Waals surface area (Å²) in [5, 5.41) is 0. The first-order valence-corrected chi connectivity index (χ1v) is 3.66.